The lowest BCUT2D eigenvalue weighted by Crippen LogP contribution is -2.50. The van der Waals surface area contributed by atoms with Gasteiger partial charge in [-0.3, -0.25) is 4.98 Å². The minimum absolute atomic E-state index is 0.0523. The molecule has 20 heavy (non-hydrogen) atoms. The van der Waals surface area contributed by atoms with E-state index < -0.39 is 5.79 Å². The van der Waals surface area contributed by atoms with Crippen molar-refractivity contribution in [1.29, 1.82) is 0 Å². The molecule has 2 fully saturated rings. The summed E-state index contributed by atoms with van der Waals surface area (Å²) in [4.78, 5) is 18.1. The minimum Gasteiger partial charge on any atom is -0.347 e. The molecule has 2 aliphatic heterocycles. The van der Waals surface area contributed by atoms with Crippen LogP contribution in [0, 0.1) is 0 Å². The van der Waals surface area contributed by atoms with Gasteiger partial charge in [-0.05, 0) is 12.1 Å². The molecule has 2 amide bonds. The number of rotatable bonds is 2. The monoisotopic (exact) mass is 277 g/mol. The van der Waals surface area contributed by atoms with Gasteiger partial charge >= 0.3 is 6.03 Å². The predicted octanol–water partition coefficient (Wildman–Crippen LogP) is 1.13. The molecule has 1 aromatic rings. The van der Waals surface area contributed by atoms with Crippen LogP contribution in [-0.2, 0) is 16.0 Å². The normalized spacial score (nSPS) is 21.1. The summed E-state index contributed by atoms with van der Waals surface area (Å²) >= 11 is 0. The molecule has 1 N–H and O–H groups in total. The second kappa shape index (κ2) is 5.76. The molecule has 1 spiro atoms. The molecule has 6 nitrogen and oxygen atoms in total. The molecule has 0 radical (unpaired) electrons. The second-order valence-electron chi connectivity index (χ2n) is 5.07. The highest BCUT2D eigenvalue weighted by Gasteiger charge is 2.40. The highest BCUT2D eigenvalue weighted by atomic mass is 16.7. The van der Waals surface area contributed by atoms with Crippen molar-refractivity contribution in [2.75, 3.05) is 26.3 Å². The summed E-state index contributed by atoms with van der Waals surface area (Å²) < 4.78 is 11.3. The van der Waals surface area contributed by atoms with Crippen LogP contribution < -0.4 is 5.32 Å². The smallest absolute Gasteiger partial charge is 0.317 e. The Balaban J connectivity index is 1.47. The number of amides is 2. The summed E-state index contributed by atoms with van der Waals surface area (Å²) in [6.45, 7) is 3.09. The van der Waals surface area contributed by atoms with Crippen molar-refractivity contribution < 1.29 is 14.3 Å². The molecule has 0 aromatic carbocycles. The van der Waals surface area contributed by atoms with Crippen LogP contribution in [0.5, 0.6) is 0 Å². The van der Waals surface area contributed by atoms with Crippen molar-refractivity contribution in [2.24, 2.45) is 0 Å². The largest absolute Gasteiger partial charge is 0.347 e. The Labute approximate surface area is 118 Å². The van der Waals surface area contributed by atoms with Crippen LogP contribution in [0.4, 0.5) is 4.79 Å². The van der Waals surface area contributed by atoms with Gasteiger partial charge < -0.3 is 19.7 Å². The number of nitrogens with zero attached hydrogens (tertiary/aromatic N) is 2. The first-order valence-corrected chi connectivity index (χ1v) is 6.98. The number of pyridine rings is 1. The van der Waals surface area contributed by atoms with Crippen LogP contribution in [0.1, 0.15) is 18.5 Å². The van der Waals surface area contributed by atoms with Crippen LogP contribution in [0.3, 0.4) is 0 Å². The van der Waals surface area contributed by atoms with Crippen LogP contribution >= 0.6 is 0 Å². The Bertz CT molecular complexity index is 450. The molecule has 6 heteroatoms. The van der Waals surface area contributed by atoms with E-state index in [1.165, 1.54) is 0 Å². The molecule has 3 rings (SSSR count). The zero-order valence-corrected chi connectivity index (χ0v) is 11.4. The van der Waals surface area contributed by atoms with E-state index in [9.17, 15) is 4.79 Å². The molecule has 1 aromatic heterocycles. The lowest BCUT2D eigenvalue weighted by molar-refractivity contribution is -0.181. The summed E-state index contributed by atoms with van der Waals surface area (Å²) in [7, 11) is 0. The maximum absolute atomic E-state index is 12.1. The number of hydrogen-bond donors (Lipinski definition) is 1. The fourth-order valence-corrected chi connectivity index (χ4v) is 2.62. The summed E-state index contributed by atoms with van der Waals surface area (Å²) in [6, 6.07) is 5.61. The van der Waals surface area contributed by atoms with Crippen LogP contribution in [-0.4, -0.2) is 48.0 Å². The Morgan fingerprint density at radius 1 is 1.30 bits per heavy atom. The van der Waals surface area contributed by atoms with Gasteiger partial charge in [0.1, 0.15) is 0 Å². The van der Waals surface area contributed by atoms with Crippen LogP contribution in [0.25, 0.3) is 0 Å². The third-order valence-corrected chi connectivity index (χ3v) is 3.77. The Morgan fingerprint density at radius 2 is 2.05 bits per heavy atom. The van der Waals surface area contributed by atoms with E-state index in [-0.39, 0.29) is 6.03 Å². The van der Waals surface area contributed by atoms with Crippen molar-refractivity contribution in [2.45, 2.75) is 25.2 Å². The Kier molecular flexibility index (Phi) is 3.84. The number of hydrogen-bond acceptors (Lipinski definition) is 4. The second-order valence-corrected chi connectivity index (χ2v) is 5.07. The number of carbonyl (C=O) groups is 1. The molecule has 2 saturated heterocycles. The van der Waals surface area contributed by atoms with Crippen molar-refractivity contribution in [3.63, 3.8) is 0 Å². The minimum atomic E-state index is -0.433. The fourth-order valence-electron chi connectivity index (χ4n) is 2.62. The van der Waals surface area contributed by atoms with E-state index in [4.69, 9.17) is 9.47 Å². The summed E-state index contributed by atoms with van der Waals surface area (Å²) in [5.74, 6) is -0.433. The molecular formula is C14H19N3O3. The quantitative estimate of drug-likeness (QED) is 0.880. The summed E-state index contributed by atoms with van der Waals surface area (Å²) in [5, 5.41) is 2.89. The lowest BCUT2D eigenvalue weighted by Gasteiger charge is -2.37. The average molecular weight is 277 g/mol. The summed E-state index contributed by atoms with van der Waals surface area (Å²) in [6.07, 6.45) is 3.20. The van der Waals surface area contributed by atoms with E-state index in [1.807, 2.05) is 18.2 Å². The zero-order chi connectivity index (χ0) is 13.8. The van der Waals surface area contributed by atoms with Crippen molar-refractivity contribution in [1.82, 2.24) is 15.2 Å². The van der Waals surface area contributed by atoms with E-state index in [0.29, 0.717) is 32.8 Å². The zero-order valence-electron chi connectivity index (χ0n) is 11.4. The standard InChI is InChI=1S/C14H19N3O3/c18-13(16-11-12-3-1-2-6-15-12)17-7-4-14(5-8-17)19-9-10-20-14/h1-3,6H,4-5,7-11H2,(H,16,18). The molecule has 2 aliphatic rings. The fraction of sp³-hybridized carbons (Fsp3) is 0.571. The molecule has 0 unspecified atom stereocenters. The molecule has 3 heterocycles. The number of likely N-dealkylation sites (tertiary alicyclic amines) is 1. The van der Waals surface area contributed by atoms with Gasteiger partial charge in [-0.25, -0.2) is 4.79 Å². The maximum Gasteiger partial charge on any atom is 0.317 e. The first-order chi connectivity index (χ1) is 9.77. The number of urea groups is 1. The highest BCUT2D eigenvalue weighted by molar-refractivity contribution is 5.74. The third kappa shape index (κ3) is 2.91. The van der Waals surface area contributed by atoms with Crippen molar-refractivity contribution >= 4 is 6.03 Å². The SMILES string of the molecule is O=C(NCc1ccccn1)N1CCC2(CC1)OCCO2. The average Bonchev–Trinajstić information content (AvgIpc) is 2.95. The maximum atomic E-state index is 12.1. The first-order valence-electron chi connectivity index (χ1n) is 6.98. The number of carbonyl (C=O) groups excluding carboxylic acids is 1. The van der Waals surface area contributed by atoms with Crippen LogP contribution in [0.15, 0.2) is 24.4 Å². The van der Waals surface area contributed by atoms with E-state index in [0.717, 1.165) is 18.5 Å². The molecule has 0 atom stereocenters. The topological polar surface area (TPSA) is 63.7 Å². The van der Waals surface area contributed by atoms with Gasteiger partial charge in [0.15, 0.2) is 5.79 Å². The lowest BCUT2D eigenvalue weighted by atomic mass is 10.0. The van der Waals surface area contributed by atoms with Crippen LogP contribution in [0.2, 0.25) is 0 Å². The molecule has 108 valence electrons. The number of aromatic nitrogens is 1. The Hall–Kier alpha value is -1.66. The van der Waals surface area contributed by atoms with E-state index in [1.54, 1.807) is 11.1 Å². The predicted molar refractivity (Wildman–Crippen MR) is 71.9 cm³/mol. The molecule has 0 saturated carbocycles. The van der Waals surface area contributed by atoms with Gasteiger partial charge in [0.25, 0.3) is 0 Å². The van der Waals surface area contributed by atoms with Gasteiger partial charge in [-0.2, -0.15) is 0 Å². The highest BCUT2D eigenvalue weighted by Crippen LogP contribution is 2.31. The molecule has 0 aliphatic carbocycles. The van der Waals surface area contributed by atoms with E-state index in [2.05, 4.69) is 10.3 Å². The Morgan fingerprint density at radius 3 is 2.70 bits per heavy atom. The van der Waals surface area contributed by atoms with Crippen molar-refractivity contribution in [3.05, 3.63) is 30.1 Å². The van der Waals surface area contributed by atoms with Gasteiger partial charge in [-0.1, -0.05) is 6.07 Å². The molecular weight excluding hydrogens is 258 g/mol. The first kappa shape index (κ1) is 13.3. The molecule has 0 bridgehead atoms. The van der Waals surface area contributed by atoms with Gasteiger partial charge in [-0.15, -0.1) is 0 Å². The van der Waals surface area contributed by atoms with Gasteiger partial charge in [0, 0.05) is 32.1 Å². The number of ether oxygens (including phenoxy) is 2. The summed E-state index contributed by atoms with van der Waals surface area (Å²) in [5.41, 5.74) is 0.858. The van der Waals surface area contributed by atoms with Gasteiger partial charge in [0.05, 0.1) is 25.5 Å². The third-order valence-electron chi connectivity index (χ3n) is 3.77. The number of piperidine rings is 1. The number of nitrogens with one attached hydrogen (secondary N) is 1. The van der Waals surface area contributed by atoms with Crippen molar-refractivity contribution in [3.8, 4) is 0 Å². The van der Waals surface area contributed by atoms with Gasteiger partial charge in [0.2, 0.25) is 0 Å². The van der Waals surface area contributed by atoms with E-state index >= 15 is 0 Å².